The number of ether oxygens (including phenoxy) is 2. The Kier molecular flexibility index (Phi) is 7.85. The summed E-state index contributed by atoms with van der Waals surface area (Å²) < 4.78 is 10.1. The zero-order valence-electron chi connectivity index (χ0n) is 14.1. The summed E-state index contributed by atoms with van der Waals surface area (Å²) in [4.78, 5) is 24.3. The standard InChI is InChI=1S/C19H21NO4S/c1-23-16-9-7-15(8-10-16)11-12-20-18(21)13-24-19(22)14-25-17-5-3-2-4-6-17/h2-10H,11-14H2,1H3,(H,20,21). The average Bonchev–Trinajstić information content (AvgIpc) is 2.66. The molecule has 2 aromatic carbocycles. The van der Waals surface area contributed by atoms with Crippen molar-refractivity contribution in [1.29, 1.82) is 0 Å². The van der Waals surface area contributed by atoms with Crippen molar-refractivity contribution in [2.24, 2.45) is 0 Å². The van der Waals surface area contributed by atoms with Gasteiger partial charge in [0.25, 0.3) is 5.91 Å². The zero-order chi connectivity index (χ0) is 17.9. The summed E-state index contributed by atoms with van der Waals surface area (Å²) in [5.74, 6) is 0.280. The number of amides is 1. The molecule has 0 aromatic heterocycles. The molecule has 0 radical (unpaired) electrons. The van der Waals surface area contributed by atoms with Gasteiger partial charge < -0.3 is 14.8 Å². The van der Waals surface area contributed by atoms with Crippen molar-refractivity contribution >= 4 is 23.6 Å². The summed E-state index contributed by atoms with van der Waals surface area (Å²) in [7, 11) is 1.62. The van der Waals surface area contributed by atoms with Gasteiger partial charge in [0, 0.05) is 11.4 Å². The highest BCUT2D eigenvalue weighted by Crippen LogP contribution is 2.16. The number of thioether (sulfide) groups is 1. The second kappa shape index (κ2) is 10.4. The van der Waals surface area contributed by atoms with Crippen LogP contribution in [0.2, 0.25) is 0 Å². The molecule has 0 saturated carbocycles. The molecule has 25 heavy (non-hydrogen) atoms. The van der Waals surface area contributed by atoms with Crippen LogP contribution in [0.3, 0.4) is 0 Å². The number of methoxy groups -OCH3 is 1. The third kappa shape index (κ3) is 7.30. The quantitative estimate of drug-likeness (QED) is 0.551. The molecular formula is C19H21NO4S. The number of hydrogen-bond donors (Lipinski definition) is 1. The van der Waals surface area contributed by atoms with Crippen LogP contribution in [0, 0.1) is 0 Å². The Hall–Kier alpha value is -2.47. The fraction of sp³-hybridized carbons (Fsp3) is 0.263. The summed E-state index contributed by atoms with van der Waals surface area (Å²) in [5, 5.41) is 2.73. The molecule has 0 aliphatic heterocycles. The highest BCUT2D eigenvalue weighted by molar-refractivity contribution is 8.00. The van der Waals surface area contributed by atoms with Crippen molar-refractivity contribution in [3.05, 3.63) is 60.2 Å². The van der Waals surface area contributed by atoms with E-state index in [2.05, 4.69) is 5.32 Å². The summed E-state index contributed by atoms with van der Waals surface area (Å²) in [6.07, 6.45) is 0.702. The number of nitrogens with one attached hydrogen (secondary N) is 1. The minimum Gasteiger partial charge on any atom is -0.497 e. The molecule has 1 amide bonds. The SMILES string of the molecule is COc1ccc(CCNC(=O)COC(=O)CSc2ccccc2)cc1. The lowest BCUT2D eigenvalue weighted by Crippen LogP contribution is -2.30. The molecular weight excluding hydrogens is 338 g/mol. The van der Waals surface area contributed by atoms with Crippen LogP contribution in [0.5, 0.6) is 5.75 Å². The third-order valence-corrected chi connectivity index (χ3v) is 4.34. The summed E-state index contributed by atoms with van der Waals surface area (Å²) in [6.45, 7) is 0.234. The monoisotopic (exact) mass is 359 g/mol. The fourth-order valence-electron chi connectivity index (χ4n) is 2.04. The van der Waals surface area contributed by atoms with Crippen LogP contribution in [-0.4, -0.2) is 37.9 Å². The van der Waals surface area contributed by atoms with Crippen molar-refractivity contribution in [3.63, 3.8) is 0 Å². The number of carbonyl (C=O) groups excluding carboxylic acids is 2. The molecule has 0 saturated heterocycles. The predicted molar refractivity (Wildman–Crippen MR) is 97.8 cm³/mol. The molecule has 0 aliphatic carbocycles. The third-order valence-electron chi connectivity index (χ3n) is 3.36. The van der Waals surface area contributed by atoms with Crippen LogP contribution in [0.1, 0.15) is 5.56 Å². The normalized spacial score (nSPS) is 10.1. The van der Waals surface area contributed by atoms with E-state index in [-0.39, 0.29) is 18.3 Å². The van der Waals surface area contributed by atoms with Crippen LogP contribution in [0.25, 0.3) is 0 Å². The van der Waals surface area contributed by atoms with Gasteiger partial charge >= 0.3 is 5.97 Å². The second-order valence-corrected chi connectivity index (χ2v) is 6.26. The van der Waals surface area contributed by atoms with E-state index in [1.54, 1.807) is 7.11 Å². The zero-order valence-corrected chi connectivity index (χ0v) is 14.9. The van der Waals surface area contributed by atoms with E-state index in [1.807, 2.05) is 54.6 Å². The highest BCUT2D eigenvalue weighted by atomic mass is 32.2. The largest absolute Gasteiger partial charge is 0.497 e. The second-order valence-electron chi connectivity index (χ2n) is 5.21. The van der Waals surface area contributed by atoms with Gasteiger partial charge in [-0.05, 0) is 36.2 Å². The maximum Gasteiger partial charge on any atom is 0.316 e. The lowest BCUT2D eigenvalue weighted by molar-refractivity contribution is -0.145. The molecule has 0 spiro atoms. The minimum atomic E-state index is -0.404. The van der Waals surface area contributed by atoms with Crippen molar-refractivity contribution in [2.75, 3.05) is 26.0 Å². The van der Waals surface area contributed by atoms with Crippen LogP contribution >= 0.6 is 11.8 Å². The van der Waals surface area contributed by atoms with Crippen LogP contribution in [0.15, 0.2) is 59.5 Å². The molecule has 5 nitrogen and oxygen atoms in total. The Bertz CT molecular complexity index is 674. The van der Waals surface area contributed by atoms with Gasteiger partial charge in [0.2, 0.25) is 0 Å². The molecule has 0 fully saturated rings. The van der Waals surface area contributed by atoms with Gasteiger partial charge in [0.05, 0.1) is 12.9 Å². The van der Waals surface area contributed by atoms with Gasteiger partial charge in [-0.3, -0.25) is 9.59 Å². The molecule has 2 rings (SSSR count). The summed E-state index contributed by atoms with van der Waals surface area (Å²) >= 11 is 1.38. The van der Waals surface area contributed by atoms with Crippen molar-refractivity contribution in [1.82, 2.24) is 5.32 Å². The van der Waals surface area contributed by atoms with Gasteiger partial charge in [-0.1, -0.05) is 30.3 Å². The van der Waals surface area contributed by atoms with E-state index >= 15 is 0 Å². The predicted octanol–water partition coefficient (Wildman–Crippen LogP) is 2.69. The van der Waals surface area contributed by atoms with E-state index < -0.39 is 5.97 Å². The summed E-state index contributed by atoms with van der Waals surface area (Å²) in [5.41, 5.74) is 1.09. The molecule has 6 heteroatoms. The van der Waals surface area contributed by atoms with Crippen molar-refractivity contribution in [2.45, 2.75) is 11.3 Å². The lowest BCUT2D eigenvalue weighted by atomic mass is 10.1. The van der Waals surface area contributed by atoms with Gasteiger partial charge in [-0.25, -0.2) is 0 Å². The first-order chi connectivity index (χ1) is 12.2. The summed E-state index contributed by atoms with van der Waals surface area (Å²) in [6, 6.07) is 17.2. The Balaban J connectivity index is 1.59. The fourth-order valence-corrected chi connectivity index (χ4v) is 2.75. The first kappa shape index (κ1) is 18.9. The number of rotatable bonds is 9. The molecule has 0 aliphatic rings. The molecule has 0 atom stereocenters. The maximum atomic E-state index is 11.7. The smallest absolute Gasteiger partial charge is 0.316 e. The van der Waals surface area contributed by atoms with E-state index in [0.717, 1.165) is 16.2 Å². The molecule has 0 heterocycles. The van der Waals surface area contributed by atoms with Gasteiger partial charge in [0.1, 0.15) is 5.75 Å². The molecule has 0 bridgehead atoms. The Morgan fingerprint density at radius 2 is 1.76 bits per heavy atom. The van der Waals surface area contributed by atoms with Crippen LogP contribution in [-0.2, 0) is 20.7 Å². The van der Waals surface area contributed by atoms with Crippen molar-refractivity contribution in [3.8, 4) is 5.75 Å². The van der Waals surface area contributed by atoms with Crippen LogP contribution < -0.4 is 10.1 Å². The van der Waals surface area contributed by atoms with Crippen molar-refractivity contribution < 1.29 is 19.1 Å². The minimum absolute atomic E-state index is 0.184. The first-order valence-electron chi connectivity index (χ1n) is 7.90. The van der Waals surface area contributed by atoms with Gasteiger partial charge in [-0.2, -0.15) is 0 Å². The number of benzene rings is 2. The first-order valence-corrected chi connectivity index (χ1v) is 8.89. The van der Waals surface area contributed by atoms with E-state index in [9.17, 15) is 9.59 Å². The van der Waals surface area contributed by atoms with E-state index in [4.69, 9.17) is 9.47 Å². The van der Waals surface area contributed by atoms with Gasteiger partial charge in [-0.15, -0.1) is 11.8 Å². The Morgan fingerprint density at radius 3 is 2.44 bits per heavy atom. The number of esters is 1. The number of hydrogen-bond acceptors (Lipinski definition) is 5. The van der Waals surface area contributed by atoms with E-state index in [1.165, 1.54) is 11.8 Å². The lowest BCUT2D eigenvalue weighted by Gasteiger charge is -2.07. The Labute approximate surface area is 151 Å². The Morgan fingerprint density at radius 1 is 1.04 bits per heavy atom. The molecule has 0 unspecified atom stereocenters. The topological polar surface area (TPSA) is 64.6 Å². The molecule has 132 valence electrons. The highest BCUT2D eigenvalue weighted by Gasteiger charge is 2.08. The van der Waals surface area contributed by atoms with Crippen LogP contribution in [0.4, 0.5) is 0 Å². The number of carbonyl (C=O) groups is 2. The molecule has 1 N–H and O–H groups in total. The van der Waals surface area contributed by atoms with E-state index in [0.29, 0.717) is 13.0 Å². The maximum absolute atomic E-state index is 11.7. The molecule has 2 aromatic rings. The van der Waals surface area contributed by atoms with Gasteiger partial charge in [0.15, 0.2) is 6.61 Å². The average molecular weight is 359 g/mol.